The van der Waals surface area contributed by atoms with E-state index in [9.17, 15) is 9.90 Å². The summed E-state index contributed by atoms with van der Waals surface area (Å²) in [5.74, 6) is 0.0991. The molecule has 10 nitrogen and oxygen atoms in total. The maximum absolute atomic E-state index is 11.2. The summed E-state index contributed by atoms with van der Waals surface area (Å²) in [7, 11) is 1.87. The maximum atomic E-state index is 11.2. The van der Waals surface area contributed by atoms with Crippen LogP contribution in [-0.4, -0.2) is 108 Å². The van der Waals surface area contributed by atoms with Crippen LogP contribution in [-0.2, 0) is 0 Å². The van der Waals surface area contributed by atoms with Gasteiger partial charge in [-0.05, 0) is 81.2 Å². The van der Waals surface area contributed by atoms with Gasteiger partial charge in [0.25, 0.3) is 0 Å². The van der Waals surface area contributed by atoms with Crippen LogP contribution in [0.4, 0.5) is 17.2 Å². The van der Waals surface area contributed by atoms with E-state index < -0.39 is 5.97 Å². The van der Waals surface area contributed by atoms with Crippen molar-refractivity contribution in [1.29, 1.82) is 0 Å². The summed E-state index contributed by atoms with van der Waals surface area (Å²) >= 11 is 0. The summed E-state index contributed by atoms with van der Waals surface area (Å²) in [4.78, 5) is 21.3. The number of hydrogen-bond donors (Lipinski definition) is 3. The highest BCUT2D eigenvalue weighted by atomic mass is 16.4. The number of aromatic carboxylic acids is 1. The molecule has 3 saturated heterocycles. The first-order valence-corrected chi connectivity index (χ1v) is 15.2. The number of carboxylic acids is 1. The Labute approximate surface area is 247 Å². The first-order valence-electron chi connectivity index (χ1n) is 15.2. The van der Waals surface area contributed by atoms with Crippen molar-refractivity contribution in [1.82, 2.24) is 20.0 Å². The van der Waals surface area contributed by atoms with Crippen LogP contribution >= 0.6 is 0 Å². The van der Waals surface area contributed by atoms with Gasteiger partial charge in [-0.3, -0.25) is 4.90 Å². The standard InChI is InChI=1S/C32H41N7O3/c1-33-31-29(22-28(34-35-31)27-4-2-3-5-30(27)40)39-20-18-38(19-21-39)26-12-16-37(17-13-26)25-10-14-36(15-11-25)24-8-6-23(7-9-24)32(41)42/h2-9,22,25-26,40H,10-21H2,1H3,(H,33,35)(H,41,42). The molecule has 0 radical (unpaired) electrons. The van der Waals surface area contributed by atoms with Gasteiger partial charge in [0.2, 0.25) is 0 Å². The topological polar surface area (TPSA) is 108 Å². The number of anilines is 3. The summed E-state index contributed by atoms with van der Waals surface area (Å²) in [6, 6.07) is 17.9. The van der Waals surface area contributed by atoms with E-state index in [1.807, 2.05) is 43.4 Å². The smallest absolute Gasteiger partial charge is 0.335 e. The van der Waals surface area contributed by atoms with E-state index in [4.69, 9.17) is 5.11 Å². The van der Waals surface area contributed by atoms with Crippen LogP contribution in [0.15, 0.2) is 54.6 Å². The number of phenolic OH excluding ortho intramolecular Hbond substituents is 1. The number of para-hydroxylation sites is 1. The lowest BCUT2D eigenvalue weighted by molar-refractivity contribution is 0.0697. The minimum Gasteiger partial charge on any atom is -0.507 e. The normalized spacial score (nSPS) is 19.6. The van der Waals surface area contributed by atoms with Gasteiger partial charge in [0.05, 0.1) is 16.9 Å². The van der Waals surface area contributed by atoms with E-state index in [0.29, 0.717) is 28.9 Å². The minimum absolute atomic E-state index is 0.212. The molecule has 10 heteroatoms. The molecule has 0 aliphatic carbocycles. The number of carboxylic acid groups (broad SMARTS) is 1. The Kier molecular flexibility index (Phi) is 8.43. The molecular weight excluding hydrogens is 530 g/mol. The molecule has 3 fully saturated rings. The van der Waals surface area contributed by atoms with Crippen molar-refractivity contribution in [2.45, 2.75) is 37.8 Å². The SMILES string of the molecule is CNc1nnc(-c2ccccc2O)cc1N1CCN(C2CCN(C3CCN(c4ccc(C(=O)O)cc4)CC3)CC2)CC1. The predicted octanol–water partition coefficient (Wildman–Crippen LogP) is 3.84. The van der Waals surface area contributed by atoms with E-state index in [1.54, 1.807) is 18.2 Å². The Morgan fingerprint density at radius 1 is 0.786 bits per heavy atom. The van der Waals surface area contributed by atoms with Crippen molar-refractivity contribution in [3.8, 4) is 17.0 Å². The number of carbonyl (C=O) groups is 1. The molecule has 0 bridgehead atoms. The van der Waals surface area contributed by atoms with Gasteiger partial charge < -0.3 is 30.2 Å². The molecule has 2 aromatic carbocycles. The van der Waals surface area contributed by atoms with Gasteiger partial charge in [-0.25, -0.2) is 4.79 Å². The minimum atomic E-state index is -0.876. The number of aromatic hydroxyl groups is 1. The highest BCUT2D eigenvalue weighted by Crippen LogP contribution is 2.33. The lowest BCUT2D eigenvalue weighted by Gasteiger charge is -2.46. The van der Waals surface area contributed by atoms with Crippen molar-refractivity contribution in [3.05, 3.63) is 60.2 Å². The Balaban J connectivity index is 0.989. The van der Waals surface area contributed by atoms with E-state index in [0.717, 1.165) is 82.4 Å². The number of benzene rings is 2. The van der Waals surface area contributed by atoms with E-state index in [2.05, 4.69) is 35.1 Å². The highest BCUT2D eigenvalue weighted by Gasteiger charge is 2.32. The van der Waals surface area contributed by atoms with Crippen molar-refractivity contribution < 1.29 is 15.0 Å². The van der Waals surface area contributed by atoms with E-state index in [-0.39, 0.29) is 5.75 Å². The number of nitrogens with zero attached hydrogens (tertiary/aromatic N) is 6. The average Bonchev–Trinajstić information content (AvgIpc) is 3.05. The molecule has 6 rings (SSSR count). The first kappa shape index (κ1) is 28.2. The molecule has 3 aliphatic heterocycles. The van der Waals surface area contributed by atoms with Crippen LogP contribution in [0.25, 0.3) is 11.3 Å². The molecule has 0 unspecified atom stereocenters. The Hall–Kier alpha value is -3.89. The third-order valence-electron chi connectivity index (χ3n) is 9.32. The van der Waals surface area contributed by atoms with Gasteiger partial charge in [0.15, 0.2) is 5.82 Å². The van der Waals surface area contributed by atoms with Gasteiger partial charge in [0.1, 0.15) is 5.75 Å². The summed E-state index contributed by atoms with van der Waals surface area (Å²) in [6.07, 6.45) is 4.74. The zero-order chi connectivity index (χ0) is 29.1. The zero-order valence-electron chi connectivity index (χ0n) is 24.3. The summed E-state index contributed by atoms with van der Waals surface area (Å²) in [5.41, 5.74) is 3.87. The monoisotopic (exact) mass is 571 g/mol. The predicted molar refractivity (Wildman–Crippen MR) is 166 cm³/mol. The summed E-state index contributed by atoms with van der Waals surface area (Å²) in [6.45, 7) is 8.28. The Bertz CT molecular complexity index is 1360. The fourth-order valence-corrected chi connectivity index (χ4v) is 6.87. The van der Waals surface area contributed by atoms with Crippen LogP contribution in [0.5, 0.6) is 5.75 Å². The molecule has 42 heavy (non-hydrogen) atoms. The van der Waals surface area contributed by atoms with Gasteiger partial charge in [-0.15, -0.1) is 10.2 Å². The second-order valence-corrected chi connectivity index (χ2v) is 11.6. The van der Waals surface area contributed by atoms with Crippen molar-refractivity contribution in [3.63, 3.8) is 0 Å². The lowest BCUT2D eigenvalue weighted by atomic mass is 9.96. The van der Waals surface area contributed by atoms with Crippen LogP contribution in [0, 0.1) is 0 Å². The lowest BCUT2D eigenvalue weighted by Crippen LogP contribution is -2.55. The van der Waals surface area contributed by atoms with Crippen LogP contribution < -0.4 is 15.1 Å². The third-order valence-corrected chi connectivity index (χ3v) is 9.32. The van der Waals surface area contributed by atoms with Crippen LogP contribution in [0.2, 0.25) is 0 Å². The average molecular weight is 572 g/mol. The van der Waals surface area contributed by atoms with Gasteiger partial charge in [0, 0.05) is 69.7 Å². The molecule has 1 aromatic heterocycles. The van der Waals surface area contributed by atoms with E-state index >= 15 is 0 Å². The van der Waals surface area contributed by atoms with Crippen molar-refractivity contribution >= 4 is 23.2 Å². The number of phenols is 1. The molecule has 3 aliphatic rings. The second-order valence-electron chi connectivity index (χ2n) is 11.6. The third kappa shape index (κ3) is 6.00. The fraction of sp³-hybridized carbons (Fsp3) is 0.469. The Morgan fingerprint density at radius 2 is 1.40 bits per heavy atom. The molecule has 222 valence electrons. The number of likely N-dealkylation sites (tertiary alicyclic amines) is 1. The van der Waals surface area contributed by atoms with Gasteiger partial charge in [-0.2, -0.15) is 0 Å². The summed E-state index contributed by atoms with van der Waals surface area (Å²) < 4.78 is 0. The molecular formula is C32H41N7O3. The molecule has 0 atom stereocenters. The molecule has 0 saturated carbocycles. The number of nitrogens with one attached hydrogen (secondary N) is 1. The molecule has 0 amide bonds. The van der Waals surface area contributed by atoms with Gasteiger partial charge in [-0.1, -0.05) is 12.1 Å². The highest BCUT2D eigenvalue weighted by molar-refractivity contribution is 5.88. The Morgan fingerprint density at radius 3 is 2.02 bits per heavy atom. The second kappa shape index (κ2) is 12.5. The maximum Gasteiger partial charge on any atom is 0.335 e. The van der Waals surface area contributed by atoms with Crippen LogP contribution in [0.1, 0.15) is 36.0 Å². The molecule has 0 spiro atoms. The largest absolute Gasteiger partial charge is 0.507 e. The number of aromatic nitrogens is 2. The number of piperidine rings is 2. The van der Waals surface area contributed by atoms with E-state index in [1.165, 1.54) is 12.8 Å². The quantitative estimate of drug-likeness (QED) is 0.387. The van der Waals surface area contributed by atoms with Crippen molar-refractivity contribution in [2.75, 3.05) is 74.5 Å². The van der Waals surface area contributed by atoms with Crippen LogP contribution in [0.3, 0.4) is 0 Å². The van der Waals surface area contributed by atoms with Gasteiger partial charge >= 0.3 is 5.97 Å². The van der Waals surface area contributed by atoms with Crippen molar-refractivity contribution in [2.24, 2.45) is 0 Å². The molecule has 3 aromatic rings. The molecule has 3 N–H and O–H groups in total. The zero-order valence-corrected chi connectivity index (χ0v) is 24.3. The number of hydrogen-bond acceptors (Lipinski definition) is 9. The number of piperazine rings is 1. The fourth-order valence-electron chi connectivity index (χ4n) is 6.87. The summed E-state index contributed by atoms with van der Waals surface area (Å²) in [5, 5.41) is 31.5. The number of rotatable bonds is 7. The first-order chi connectivity index (χ1) is 20.5. The molecule has 4 heterocycles.